The van der Waals surface area contributed by atoms with E-state index in [0.717, 1.165) is 40.6 Å². The molecule has 0 unspecified atom stereocenters. The van der Waals surface area contributed by atoms with Crippen LogP contribution in [0.25, 0.3) is 17.0 Å². The normalized spacial score (nSPS) is 12.0. The lowest BCUT2D eigenvalue weighted by atomic mass is 10.1. The molecule has 1 aromatic carbocycles. The standard InChI is InChI=1S/C17H18N4O2S/c1-3-15-18-17(20-19-15)24-14(16(22)23)9-11-10-21(4-2)13-8-6-5-7-12(11)13/h5-10H,3-4H2,1-2H3,(H,22,23)(H,18,19,20)/p-1/b14-9+. The van der Waals surface area contributed by atoms with Gasteiger partial charge in [0.05, 0.1) is 5.97 Å². The Morgan fingerprint density at radius 1 is 1.38 bits per heavy atom. The summed E-state index contributed by atoms with van der Waals surface area (Å²) in [5.74, 6) is -0.519. The average Bonchev–Trinajstić information content (AvgIpc) is 3.19. The van der Waals surface area contributed by atoms with Gasteiger partial charge in [-0.15, -0.1) is 5.10 Å². The second-order valence-electron chi connectivity index (χ2n) is 5.20. The number of carbonyl (C=O) groups is 1. The number of carboxylic acids is 1. The first-order chi connectivity index (χ1) is 11.6. The largest absolute Gasteiger partial charge is 0.544 e. The maximum absolute atomic E-state index is 11.5. The summed E-state index contributed by atoms with van der Waals surface area (Å²) in [4.78, 5) is 15.8. The van der Waals surface area contributed by atoms with Gasteiger partial charge in [-0.2, -0.15) is 0 Å². The summed E-state index contributed by atoms with van der Waals surface area (Å²) in [7, 11) is 0. The molecule has 0 atom stereocenters. The third kappa shape index (κ3) is 3.21. The molecule has 2 heterocycles. The smallest absolute Gasteiger partial charge is 0.213 e. The van der Waals surface area contributed by atoms with Gasteiger partial charge in [0.25, 0.3) is 0 Å². The highest BCUT2D eigenvalue weighted by molar-refractivity contribution is 8.04. The van der Waals surface area contributed by atoms with Gasteiger partial charge in [0.15, 0.2) is 0 Å². The van der Waals surface area contributed by atoms with Gasteiger partial charge < -0.3 is 14.5 Å². The quantitative estimate of drug-likeness (QED) is 0.549. The zero-order valence-corrected chi connectivity index (χ0v) is 14.3. The van der Waals surface area contributed by atoms with E-state index >= 15 is 0 Å². The molecule has 0 aliphatic rings. The number of rotatable bonds is 6. The van der Waals surface area contributed by atoms with Crippen LogP contribution in [0.1, 0.15) is 25.2 Å². The average molecular weight is 341 g/mol. The number of aliphatic carboxylic acids is 1. The second-order valence-corrected chi connectivity index (χ2v) is 6.21. The Morgan fingerprint density at radius 3 is 2.83 bits per heavy atom. The van der Waals surface area contributed by atoms with E-state index in [1.807, 2.05) is 44.3 Å². The van der Waals surface area contributed by atoms with Crippen LogP contribution in [0.3, 0.4) is 0 Å². The molecule has 3 aromatic rings. The number of hydrogen-bond donors (Lipinski definition) is 1. The number of H-pyrrole nitrogens is 1. The van der Waals surface area contributed by atoms with E-state index in [0.29, 0.717) is 11.6 Å². The van der Waals surface area contributed by atoms with Crippen molar-refractivity contribution in [1.82, 2.24) is 19.7 Å². The van der Waals surface area contributed by atoms with Crippen molar-refractivity contribution in [3.05, 3.63) is 46.8 Å². The molecule has 0 saturated heterocycles. The lowest BCUT2D eigenvalue weighted by molar-refractivity contribution is -0.297. The fraction of sp³-hybridized carbons (Fsp3) is 0.235. The molecule has 2 aromatic heterocycles. The van der Waals surface area contributed by atoms with Crippen molar-refractivity contribution in [2.24, 2.45) is 0 Å². The van der Waals surface area contributed by atoms with Crippen LogP contribution in [0.2, 0.25) is 0 Å². The summed E-state index contributed by atoms with van der Waals surface area (Å²) < 4.78 is 2.08. The van der Waals surface area contributed by atoms with Crippen LogP contribution in [0.5, 0.6) is 0 Å². The number of benzene rings is 1. The van der Waals surface area contributed by atoms with Crippen molar-refractivity contribution >= 4 is 34.7 Å². The van der Waals surface area contributed by atoms with Gasteiger partial charge in [-0.05, 0) is 30.8 Å². The summed E-state index contributed by atoms with van der Waals surface area (Å²) in [5, 5.41) is 19.7. The number of aryl methyl sites for hydroxylation is 2. The van der Waals surface area contributed by atoms with Crippen LogP contribution in [0, 0.1) is 0 Å². The number of nitrogens with zero attached hydrogens (tertiary/aromatic N) is 3. The number of aromatic nitrogens is 4. The molecule has 0 saturated carbocycles. The molecule has 7 heteroatoms. The summed E-state index contributed by atoms with van der Waals surface area (Å²) in [6.07, 6.45) is 4.28. The lowest BCUT2D eigenvalue weighted by Crippen LogP contribution is -2.23. The molecule has 24 heavy (non-hydrogen) atoms. The van der Waals surface area contributed by atoms with Gasteiger partial charge in [0, 0.05) is 40.5 Å². The molecular weight excluding hydrogens is 324 g/mol. The fourth-order valence-electron chi connectivity index (χ4n) is 2.50. The fourth-order valence-corrected chi connectivity index (χ4v) is 3.22. The molecule has 0 amide bonds. The van der Waals surface area contributed by atoms with Gasteiger partial charge >= 0.3 is 0 Å². The summed E-state index contributed by atoms with van der Waals surface area (Å²) in [6, 6.07) is 7.91. The minimum absolute atomic E-state index is 0.0793. The minimum Gasteiger partial charge on any atom is -0.544 e. The molecule has 0 fully saturated rings. The zero-order chi connectivity index (χ0) is 17.1. The SMILES string of the molecule is CCc1nc(S/C(=C/c2cn(CC)c3ccccc23)C(=O)[O-])n[nH]1. The van der Waals surface area contributed by atoms with Gasteiger partial charge in [0.1, 0.15) is 5.82 Å². The van der Waals surface area contributed by atoms with E-state index in [4.69, 9.17) is 0 Å². The molecule has 0 spiro atoms. The van der Waals surface area contributed by atoms with E-state index in [1.54, 1.807) is 6.08 Å². The highest BCUT2D eigenvalue weighted by atomic mass is 32.2. The molecule has 3 rings (SSSR count). The Balaban J connectivity index is 2.01. The summed E-state index contributed by atoms with van der Waals surface area (Å²) in [6.45, 7) is 4.81. The predicted molar refractivity (Wildman–Crippen MR) is 92.2 cm³/mol. The van der Waals surface area contributed by atoms with E-state index < -0.39 is 5.97 Å². The number of aromatic amines is 1. The monoisotopic (exact) mass is 341 g/mol. The molecule has 1 N–H and O–H groups in total. The van der Waals surface area contributed by atoms with Crippen molar-refractivity contribution < 1.29 is 9.90 Å². The first kappa shape index (κ1) is 16.3. The number of para-hydroxylation sites is 1. The van der Waals surface area contributed by atoms with E-state index in [1.165, 1.54) is 0 Å². The van der Waals surface area contributed by atoms with Crippen molar-refractivity contribution in [1.29, 1.82) is 0 Å². The van der Waals surface area contributed by atoms with Crippen LogP contribution >= 0.6 is 11.8 Å². The van der Waals surface area contributed by atoms with Crippen molar-refractivity contribution in [3.63, 3.8) is 0 Å². The van der Waals surface area contributed by atoms with Crippen LogP contribution in [-0.4, -0.2) is 25.7 Å². The van der Waals surface area contributed by atoms with Crippen LogP contribution in [0.15, 0.2) is 40.5 Å². The maximum Gasteiger partial charge on any atom is 0.213 e. The van der Waals surface area contributed by atoms with Crippen molar-refractivity contribution in [2.45, 2.75) is 32.0 Å². The van der Waals surface area contributed by atoms with Crippen LogP contribution in [0.4, 0.5) is 0 Å². The molecule has 124 valence electrons. The Kier molecular flexibility index (Phi) is 4.71. The van der Waals surface area contributed by atoms with Crippen molar-refractivity contribution in [3.8, 4) is 0 Å². The molecule has 0 aliphatic heterocycles. The molecular formula is C17H17N4O2S-. The first-order valence-corrected chi connectivity index (χ1v) is 8.54. The van der Waals surface area contributed by atoms with Crippen LogP contribution < -0.4 is 5.11 Å². The summed E-state index contributed by atoms with van der Waals surface area (Å²) >= 11 is 0.990. The topological polar surface area (TPSA) is 86.6 Å². The molecule has 0 aliphatic carbocycles. The minimum atomic E-state index is -1.24. The number of carbonyl (C=O) groups excluding carboxylic acids is 1. The van der Waals surface area contributed by atoms with Gasteiger partial charge in [-0.25, -0.2) is 4.98 Å². The number of fused-ring (bicyclic) bond motifs is 1. The Morgan fingerprint density at radius 2 is 2.17 bits per heavy atom. The second kappa shape index (κ2) is 6.92. The number of hydrogen-bond acceptors (Lipinski definition) is 5. The Labute approximate surface area is 143 Å². The Bertz CT molecular complexity index is 910. The number of thioether (sulfide) groups is 1. The zero-order valence-electron chi connectivity index (χ0n) is 13.4. The third-order valence-corrected chi connectivity index (χ3v) is 4.56. The Hall–Kier alpha value is -2.54. The highest BCUT2D eigenvalue weighted by Crippen LogP contribution is 2.29. The molecule has 0 radical (unpaired) electrons. The summed E-state index contributed by atoms with van der Waals surface area (Å²) in [5.41, 5.74) is 1.91. The van der Waals surface area contributed by atoms with E-state index in [9.17, 15) is 9.90 Å². The van der Waals surface area contributed by atoms with Crippen molar-refractivity contribution in [2.75, 3.05) is 0 Å². The van der Waals surface area contributed by atoms with Crippen LogP contribution in [-0.2, 0) is 17.8 Å². The van der Waals surface area contributed by atoms with Gasteiger partial charge in [-0.3, -0.25) is 5.10 Å². The van der Waals surface area contributed by atoms with E-state index in [2.05, 4.69) is 19.7 Å². The molecule has 6 nitrogen and oxygen atoms in total. The molecule has 0 bridgehead atoms. The third-order valence-electron chi connectivity index (χ3n) is 3.70. The maximum atomic E-state index is 11.5. The van der Waals surface area contributed by atoms with Gasteiger partial charge in [0.2, 0.25) is 5.16 Å². The lowest BCUT2D eigenvalue weighted by Gasteiger charge is -2.05. The predicted octanol–water partition coefficient (Wildman–Crippen LogP) is 2.22. The highest BCUT2D eigenvalue weighted by Gasteiger charge is 2.11. The van der Waals surface area contributed by atoms with Gasteiger partial charge in [-0.1, -0.05) is 25.1 Å². The number of nitrogens with one attached hydrogen (secondary N) is 1. The first-order valence-electron chi connectivity index (χ1n) is 7.72. The number of carboxylic acid groups (broad SMARTS) is 1. The van der Waals surface area contributed by atoms with E-state index in [-0.39, 0.29) is 4.91 Å².